The number of rotatable bonds is 3. The number of piperidine rings is 1. The number of likely N-dealkylation sites (N-methyl/N-ethyl adjacent to an activating group) is 1. The molecule has 1 aromatic heterocycles. The molecule has 2 heterocycles. The fourth-order valence-electron chi connectivity index (χ4n) is 3.11. The minimum absolute atomic E-state index is 0.367. The summed E-state index contributed by atoms with van der Waals surface area (Å²) >= 11 is 0. The van der Waals surface area contributed by atoms with Crippen molar-refractivity contribution in [2.75, 3.05) is 13.6 Å². The van der Waals surface area contributed by atoms with Gasteiger partial charge in [0.1, 0.15) is 0 Å². The van der Waals surface area contributed by atoms with E-state index in [1.165, 1.54) is 30.3 Å². The molecule has 19 heavy (non-hydrogen) atoms. The Kier molecular flexibility index (Phi) is 3.53. The Labute approximate surface area is 114 Å². The third-order valence-corrected chi connectivity index (χ3v) is 4.17. The van der Waals surface area contributed by atoms with E-state index < -0.39 is 0 Å². The van der Waals surface area contributed by atoms with E-state index in [1.54, 1.807) is 0 Å². The molecule has 102 valence electrons. The van der Waals surface area contributed by atoms with Crippen LogP contribution in [0, 0.1) is 0 Å². The third kappa shape index (κ3) is 2.38. The minimum atomic E-state index is 0.367. The summed E-state index contributed by atoms with van der Waals surface area (Å²) in [5.41, 5.74) is 3.60. The zero-order chi connectivity index (χ0) is 13.2. The van der Waals surface area contributed by atoms with E-state index in [1.807, 2.05) is 20.4 Å². The summed E-state index contributed by atoms with van der Waals surface area (Å²) < 4.78 is 2.06. The van der Waals surface area contributed by atoms with Crippen LogP contribution in [0.2, 0.25) is 0 Å². The summed E-state index contributed by atoms with van der Waals surface area (Å²) in [6.07, 6.45) is 5.74. The first-order chi connectivity index (χ1) is 9.29. The van der Waals surface area contributed by atoms with Gasteiger partial charge in [-0.2, -0.15) is 0 Å². The van der Waals surface area contributed by atoms with Crippen molar-refractivity contribution >= 4 is 11.0 Å². The lowest BCUT2D eigenvalue weighted by molar-refractivity contribution is 0.326. The van der Waals surface area contributed by atoms with Crippen LogP contribution in [0.5, 0.6) is 0 Å². The summed E-state index contributed by atoms with van der Waals surface area (Å²) in [6, 6.07) is 7.51. The van der Waals surface area contributed by atoms with Gasteiger partial charge in [-0.3, -0.25) is 0 Å². The fourth-order valence-corrected chi connectivity index (χ4v) is 3.11. The van der Waals surface area contributed by atoms with Crippen molar-refractivity contribution in [3.63, 3.8) is 0 Å². The second-order valence-electron chi connectivity index (χ2n) is 5.43. The van der Waals surface area contributed by atoms with Gasteiger partial charge in [0.25, 0.3) is 0 Å². The Balaban J connectivity index is 1.91. The van der Waals surface area contributed by atoms with E-state index in [-0.39, 0.29) is 0 Å². The number of nitrogens with zero attached hydrogens (tertiary/aromatic N) is 2. The molecule has 3 rings (SSSR count). The van der Waals surface area contributed by atoms with Crippen LogP contribution in [-0.2, 0) is 7.05 Å². The maximum absolute atomic E-state index is 4.46. The van der Waals surface area contributed by atoms with Crippen molar-refractivity contribution in [2.45, 2.75) is 31.3 Å². The van der Waals surface area contributed by atoms with Gasteiger partial charge in [0.2, 0.25) is 0 Å². The average molecular weight is 258 g/mol. The summed E-state index contributed by atoms with van der Waals surface area (Å²) in [6.45, 7) is 1.13. The topological polar surface area (TPSA) is 41.9 Å². The predicted molar refractivity (Wildman–Crippen MR) is 78.2 cm³/mol. The molecule has 0 saturated carbocycles. The van der Waals surface area contributed by atoms with Gasteiger partial charge in [0.15, 0.2) is 0 Å². The van der Waals surface area contributed by atoms with Gasteiger partial charge in [-0.15, -0.1) is 0 Å². The molecule has 1 aliphatic heterocycles. The molecule has 0 amide bonds. The van der Waals surface area contributed by atoms with Crippen molar-refractivity contribution in [3.8, 4) is 0 Å². The Morgan fingerprint density at radius 3 is 3.05 bits per heavy atom. The highest BCUT2D eigenvalue weighted by Crippen LogP contribution is 2.25. The van der Waals surface area contributed by atoms with Crippen LogP contribution in [0.4, 0.5) is 0 Å². The van der Waals surface area contributed by atoms with Gasteiger partial charge in [0.05, 0.1) is 17.4 Å². The summed E-state index contributed by atoms with van der Waals surface area (Å²) in [5, 5.41) is 7.10. The maximum Gasteiger partial charge on any atom is 0.0955 e. The number of hydrogen-bond acceptors (Lipinski definition) is 3. The molecule has 4 nitrogen and oxygen atoms in total. The quantitative estimate of drug-likeness (QED) is 0.884. The number of aryl methyl sites for hydroxylation is 1. The monoisotopic (exact) mass is 258 g/mol. The van der Waals surface area contributed by atoms with E-state index in [0.29, 0.717) is 12.1 Å². The molecular formula is C15H22N4. The zero-order valence-electron chi connectivity index (χ0n) is 11.7. The Morgan fingerprint density at radius 2 is 2.32 bits per heavy atom. The van der Waals surface area contributed by atoms with Gasteiger partial charge < -0.3 is 15.2 Å². The molecule has 2 aromatic rings. The minimum Gasteiger partial charge on any atom is -0.334 e. The van der Waals surface area contributed by atoms with Crippen molar-refractivity contribution in [3.05, 3.63) is 30.1 Å². The molecule has 1 aliphatic rings. The van der Waals surface area contributed by atoms with Gasteiger partial charge in [-0.05, 0) is 44.1 Å². The zero-order valence-corrected chi connectivity index (χ0v) is 11.7. The number of nitrogens with one attached hydrogen (secondary N) is 2. The second-order valence-corrected chi connectivity index (χ2v) is 5.43. The fraction of sp³-hybridized carbons (Fsp3) is 0.533. The smallest absolute Gasteiger partial charge is 0.0955 e. The van der Waals surface area contributed by atoms with E-state index >= 15 is 0 Å². The van der Waals surface area contributed by atoms with Crippen molar-refractivity contribution in [2.24, 2.45) is 7.05 Å². The molecule has 1 aromatic carbocycles. The number of imidazole rings is 1. The lowest BCUT2D eigenvalue weighted by Gasteiger charge is -2.31. The molecule has 0 bridgehead atoms. The van der Waals surface area contributed by atoms with Crippen LogP contribution in [0.25, 0.3) is 11.0 Å². The standard InChI is InChI=1S/C15H22N4/c1-16-15(12-5-3-4-8-17-12)11-6-7-14-13(9-11)18-10-19(14)2/h6-7,9-10,12,15-17H,3-5,8H2,1-2H3. The normalized spacial score (nSPS) is 21.7. The average Bonchev–Trinajstić information content (AvgIpc) is 2.82. The van der Waals surface area contributed by atoms with Crippen molar-refractivity contribution < 1.29 is 0 Å². The Bertz CT molecular complexity index is 554. The first kappa shape index (κ1) is 12.6. The van der Waals surface area contributed by atoms with Crippen LogP contribution < -0.4 is 10.6 Å². The first-order valence-electron chi connectivity index (χ1n) is 7.11. The molecule has 0 radical (unpaired) electrons. The van der Waals surface area contributed by atoms with E-state index in [0.717, 1.165) is 12.1 Å². The van der Waals surface area contributed by atoms with Gasteiger partial charge in [0, 0.05) is 19.1 Å². The number of benzene rings is 1. The van der Waals surface area contributed by atoms with Crippen molar-refractivity contribution in [1.82, 2.24) is 20.2 Å². The van der Waals surface area contributed by atoms with Gasteiger partial charge >= 0.3 is 0 Å². The molecule has 1 fully saturated rings. The molecule has 0 spiro atoms. The SMILES string of the molecule is CNC(c1ccc2c(c1)ncn2C)C1CCCCN1. The van der Waals surface area contributed by atoms with Gasteiger partial charge in [-0.1, -0.05) is 12.5 Å². The first-order valence-corrected chi connectivity index (χ1v) is 7.11. The number of hydrogen-bond donors (Lipinski definition) is 2. The van der Waals surface area contributed by atoms with E-state index in [9.17, 15) is 0 Å². The third-order valence-electron chi connectivity index (χ3n) is 4.17. The lowest BCUT2D eigenvalue weighted by atomic mass is 9.92. The number of aromatic nitrogens is 2. The summed E-state index contributed by atoms with van der Waals surface area (Å²) in [7, 11) is 4.08. The molecule has 2 atom stereocenters. The van der Waals surface area contributed by atoms with Gasteiger partial charge in [-0.25, -0.2) is 4.98 Å². The molecule has 2 N–H and O–H groups in total. The highest BCUT2D eigenvalue weighted by Gasteiger charge is 2.23. The van der Waals surface area contributed by atoms with Crippen LogP contribution in [-0.4, -0.2) is 29.2 Å². The Hall–Kier alpha value is -1.39. The largest absolute Gasteiger partial charge is 0.334 e. The molecule has 0 aliphatic carbocycles. The molecule has 1 saturated heterocycles. The van der Waals surface area contributed by atoms with E-state index in [2.05, 4.69) is 38.4 Å². The molecule has 4 heteroatoms. The van der Waals surface area contributed by atoms with Crippen molar-refractivity contribution in [1.29, 1.82) is 0 Å². The van der Waals surface area contributed by atoms with Crippen LogP contribution >= 0.6 is 0 Å². The van der Waals surface area contributed by atoms with E-state index in [4.69, 9.17) is 0 Å². The van der Waals surface area contributed by atoms with Crippen LogP contribution in [0.15, 0.2) is 24.5 Å². The highest BCUT2D eigenvalue weighted by atomic mass is 15.0. The summed E-state index contributed by atoms with van der Waals surface area (Å²) in [5.74, 6) is 0. The number of fused-ring (bicyclic) bond motifs is 1. The van der Waals surface area contributed by atoms with Crippen LogP contribution in [0.3, 0.4) is 0 Å². The Morgan fingerprint density at radius 1 is 1.42 bits per heavy atom. The molecule has 2 unspecified atom stereocenters. The predicted octanol–water partition coefficient (Wildman–Crippen LogP) is 1.98. The second kappa shape index (κ2) is 5.31. The maximum atomic E-state index is 4.46. The van der Waals surface area contributed by atoms with Crippen LogP contribution in [0.1, 0.15) is 30.9 Å². The lowest BCUT2D eigenvalue weighted by Crippen LogP contribution is -2.43. The summed E-state index contributed by atoms with van der Waals surface area (Å²) in [4.78, 5) is 4.46. The highest BCUT2D eigenvalue weighted by molar-refractivity contribution is 5.76. The molecular weight excluding hydrogens is 236 g/mol.